The molecule has 0 saturated carbocycles. The van der Waals surface area contributed by atoms with Gasteiger partial charge >= 0.3 is 5.97 Å². The molecule has 0 spiro atoms. The molecular formula is C43H43N3O6S2. The van der Waals surface area contributed by atoms with Crippen molar-refractivity contribution in [2.45, 2.75) is 57.1 Å². The summed E-state index contributed by atoms with van der Waals surface area (Å²) in [6.45, 7) is 8.74. The molecule has 0 radical (unpaired) electrons. The number of carbonyl (C=O) groups is 4. The maximum absolute atomic E-state index is 14.3. The zero-order chi connectivity index (χ0) is 38.2. The molecule has 9 nitrogen and oxygen atoms in total. The molecule has 2 heterocycles. The quantitative estimate of drug-likeness (QED) is 0.0657. The maximum Gasteiger partial charge on any atom is 0.341 e. The normalized spacial score (nSPS) is 14.7. The lowest BCUT2D eigenvalue weighted by molar-refractivity contribution is -0.116. The number of ether oxygens (including phenoxy) is 1. The predicted molar refractivity (Wildman–Crippen MR) is 215 cm³/mol. The first-order valence-electron chi connectivity index (χ1n) is 17.9. The average molecular weight is 762 g/mol. The third-order valence-electron chi connectivity index (χ3n) is 9.25. The van der Waals surface area contributed by atoms with Crippen LogP contribution in [0.5, 0.6) is 0 Å². The molecule has 0 saturated heterocycles. The van der Waals surface area contributed by atoms with Crippen molar-refractivity contribution in [2.24, 2.45) is 11.3 Å². The molecule has 2 unspecified atom stereocenters. The van der Waals surface area contributed by atoms with Gasteiger partial charge in [-0.1, -0.05) is 75.4 Å². The van der Waals surface area contributed by atoms with Crippen LogP contribution in [-0.2, 0) is 27.2 Å². The summed E-state index contributed by atoms with van der Waals surface area (Å²) in [6.07, 6.45) is 5.49. The van der Waals surface area contributed by atoms with Gasteiger partial charge in [0.25, 0.3) is 11.8 Å². The molecule has 54 heavy (non-hydrogen) atoms. The SMILES string of the molecule is CCOC(=O)c1c(NC(=O)C(Sc2cccc(NC(=O)/C(=C/c3ccco3)NC(=O)c3ccccc3)c2)c2ccccc2)sc2c1CCC(C(C)(C)C)C2. The van der Waals surface area contributed by atoms with Gasteiger partial charge in [0.05, 0.1) is 18.4 Å². The van der Waals surface area contributed by atoms with Crippen molar-refractivity contribution in [2.75, 3.05) is 17.2 Å². The van der Waals surface area contributed by atoms with E-state index in [0.29, 0.717) is 38.4 Å². The lowest BCUT2D eigenvalue weighted by atomic mass is 9.72. The minimum atomic E-state index is -0.701. The maximum atomic E-state index is 14.3. The zero-order valence-electron chi connectivity index (χ0n) is 30.6. The molecule has 3 amide bonds. The number of benzene rings is 3. The van der Waals surface area contributed by atoms with Crippen molar-refractivity contribution in [1.82, 2.24) is 5.32 Å². The molecule has 11 heteroatoms. The highest BCUT2D eigenvalue weighted by molar-refractivity contribution is 8.00. The minimum Gasteiger partial charge on any atom is -0.465 e. The second-order valence-electron chi connectivity index (χ2n) is 14.0. The van der Waals surface area contributed by atoms with E-state index in [2.05, 4.69) is 36.7 Å². The van der Waals surface area contributed by atoms with Crippen molar-refractivity contribution in [3.8, 4) is 0 Å². The summed E-state index contributed by atoms with van der Waals surface area (Å²) in [4.78, 5) is 56.1. The fourth-order valence-electron chi connectivity index (χ4n) is 6.35. The van der Waals surface area contributed by atoms with Crippen molar-refractivity contribution in [1.29, 1.82) is 0 Å². The molecule has 0 bridgehead atoms. The molecule has 2 aromatic heterocycles. The highest BCUT2D eigenvalue weighted by Crippen LogP contribution is 2.45. The molecular weight excluding hydrogens is 719 g/mol. The molecule has 278 valence electrons. The lowest BCUT2D eigenvalue weighted by Gasteiger charge is -2.33. The Hall–Kier alpha value is -5.39. The Kier molecular flexibility index (Phi) is 12.2. The summed E-state index contributed by atoms with van der Waals surface area (Å²) < 4.78 is 10.9. The van der Waals surface area contributed by atoms with Gasteiger partial charge in [-0.2, -0.15) is 0 Å². The van der Waals surface area contributed by atoms with E-state index >= 15 is 0 Å². The van der Waals surface area contributed by atoms with Crippen LogP contribution in [0.15, 0.2) is 118 Å². The number of amides is 3. The summed E-state index contributed by atoms with van der Waals surface area (Å²) in [6, 6.07) is 28.6. The van der Waals surface area contributed by atoms with Crippen LogP contribution in [0.25, 0.3) is 6.08 Å². The van der Waals surface area contributed by atoms with Crippen LogP contribution in [0.3, 0.4) is 0 Å². The summed E-state index contributed by atoms with van der Waals surface area (Å²) in [5.41, 5.74) is 3.16. The number of rotatable bonds is 12. The van der Waals surface area contributed by atoms with E-state index in [1.165, 1.54) is 35.4 Å². The molecule has 0 aliphatic heterocycles. The van der Waals surface area contributed by atoms with Gasteiger partial charge in [0, 0.05) is 27.1 Å². The lowest BCUT2D eigenvalue weighted by Crippen LogP contribution is -2.30. The number of nitrogens with one attached hydrogen (secondary N) is 3. The molecule has 3 aromatic carbocycles. The van der Waals surface area contributed by atoms with Gasteiger partial charge in [-0.05, 0) is 91.1 Å². The van der Waals surface area contributed by atoms with E-state index in [1.54, 1.807) is 67.6 Å². The number of hydrogen-bond acceptors (Lipinski definition) is 8. The molecule has 2 atom stereocenters. The first kappa shape index (κ1) is 38.3. The Labute approximate surface area is 323 Å². The second-order valence-corrected chi connectivity index (χ2v) is 16.3. The smallest absolute Gasteiger partial charge is 0.341 e. The standard InChI is InChI=1S/C43H43N3O6S2/c1-5-51-42(50)36-33-22-21-29(43(2,3)4)24-35(33)54-41(36)46-40(49)37(27-14-8-6-9-15-27)53-32-20-12-18-30(25-32)44-39(48)34(26-31-19-13-23-52-31)45-38(47)28-16-10-7-11-17-28/h6-20,23,25-26,29,37H,5,21-22,24H2,1-4H3,(H,44,48)(H,45,47)(H,46,49)/b34-26-. The first-order chi connectivity index (χ1) is 26.0. The highest BCUT2D eigenvalue weighted by atomic mass is 32.2. The van der Waals surface area contributed by atoms with Gasteiger partial charge in [-0.15, -0.1) is 23.1 Å². The number of fused-ring (bicyclic) bond motifs is 1. The third kappa shape index (κ3) is 9.39. The Bertz CT molecular complexity index is 2140. The summed E-state index contributed by atoms with van der Waals surface area (Å²) >= 11 is 2.79. The number of esters is 1. The monoisotopic (exact) mass is 761 g/mol. The average Bonchev–Trinajstić information content (AvgIpc) is 3.81. The largest absolute Gasteiger partial charge is 0.465 e. The molecule has 0 fully saturated rings. The Morgan fingerprint density at radius 1 is 0.944 bits per heavy atom. The number of thioether (sulfide) groups is 1. The second kappa shape index (κ2) is 17.2. The highest BCUT2D eigenvalue weighted by Gasteiger charge is 2.35. The Morgan fingerprint density at radius 2 is 1.69 bits per heavy atom. The Balaban J connectivity index is 1.24. The van der Waals surface area contributed by atoms with Crippen LogP contribution in [0.4, 0.5) is 10.7 Å². The minimum absolute atomic E-state index is 0.0109. The number of anilines is 2. The topological polar surface area (TPSA) is 127 Å². The fourth-order valence-corrected chi connectivity index (χ4v) is 8.75. The zero-order valence-corrected chi connectivity index (χ0v) is 32.3. The van der Waals surface area contributed by atoms with E-state index in [0.717, 1.165) is 35.3 Å². The summed E-state index contributed by atoms with van der Waals surface area (Å²) in [7, 11) is 0. The van der Waals surface area contributed by atoms with Crippen LogP contribution >= 0.6 is 23.1 Å². The molecule has 1 aliphatic carbocycles. The van der Waals surface area contributed by atoms with Gasteiger partial charge in [-0.25, -0.2) is 4.79 Å². The number of hydrogen-bond donors (Lipinski definition) is 3. The van der Waals surface area contributed by atoms with Crippen LogP contribution in [0.2, 0.25) is 0 Å². The third-order valence-corrected chi connectivity index (χ3v) is 11.7. The fraction of sp³-hybridized carbons (Fsp3) is 0.256. The van der Waals surface area contributed by atoms with E-state index < -0.39 is 23.0 Å². The van der Waals surface area contributed by atoms with Crippen molar-refractivity contribution < 1.29 is 28.3 Å². The first-order valence-corrected chi connectivity index (χ1v) is 19.6. The van der Waals surface area contributed by atoms with E-state index in [-0.39, 0.29) is 23.6 Å². The van der Waals surface area contributed by atoms with Crippen LogP contribution in [0.1, 0.15) is 81.8 Å². The van der Waals surface area contributed by atoms with E-state index in [1.807, 2.05) is 36.4 Å². The van der Waals surface area contributed by atoms with E-state index in [4.69, 9.17) is 9.15 Å². The molecule has 6 rings (SSSR count). The van der Waals surface area contributed by atoms with Gasteiger partial charge < -0.3 is 25.1 Å². The molecule has 3 N–H and O–H groups in total. The van der Waals surface area contributed by atoms with Crippen molar-refractivity contribution in [3.05, 3.63) is 142 Å². The number of furan rings is 1. The van der Waals surface area contributed by atoms with Crippen LogP contribution in [-0.4, -0.2) is 30.3 Å². The Morgan fingerprint density at radius 3 is 2.37 bits per heavy atom. The molecule has 1 aliphatic rings. The van der Waals surface area contributed by atoms with Gasteiger partial charge in [0.2, 0.25) is 5.91 Å². The van der Waals surface area contributed by atoms with Gasteiger partial charge in [0.15, 0.2) is 0 Å². The van der Waals surface area contributed by atoms with Gasteiger partial charge in [-0.3, -0.25) is 14.4 Å². The van der Waals surface area contributed by atoms with Crippen molar-refractivity contribution in [3.63, 3.8) is 0 Å². The number of thiophene rings is 1. The van der Waals surface area contributed by atoms with Crippen LogP contribution in [0, 0.1) is 11.3 Å². The van der Waals surface area contributed by atoms with Crippen molar-refractivity contribution >= 4 is 63.6 Å². The number of carbonyl (C=O) groups excluding carboxylic acids is 4. The summed E-state index contributed by atoms with van der Waals surface area (Å²) in [5, 5.41) is 8.52. The van der Waals surface area contributed by atoms with Gasteiger partial charge in [0.1, 0.15) is 21.7 Å². The predicted octanol–water partition coefficient (Wildman–Crippen LogP) is 9.55. The van der Waals surface area contributed by atoms with E-state index in [9.17, 15) is 19.2 Å². The van der Waals surface area contributed by atoms with Crippen LogP contribution < -0.4 is 16.0 Å². The molecule has 5 aromatic rings. The summed E-state index contributed by atoms with van der Waals surface area (Å²) in [5.74, 6) is -0.870.